The van der Waals surface area contributed by atoms with Gasteiger partial charge in [-0.1, -0.05) is 32.0 Å². The van der Waals surface area contributed by atoms with Crippen molar-refractivity contribution in [3.63, 3.8) is 0 Å². The summed E-state index contributed by atoms with van der Waals surface area (Å²) in [5.74, 6) is 0.581. The van der Waals surface area contributed by atoms with E-state index in [1.807, 2.05) is 29.6 Å². The van der Waals surface area contributed by atoms with Gasteiger partial charge in [-0.05, 0) is 42.1 Å². The summed E-state index contributed by atoms with van der Waals surface area (Å²) in [6.07, 6.45) is 1.00. The Morgan fingerprint density at radius 3 is 2.85 bits per heavy atom. The van der Waals surface area contributed by atoms with Crippen LogP contribution in [-0.2, 0) is 6.42 Å². The molecule has 0 unspecified atom stereocenters. The van der Waals surface area contributed by atoms with Crippen LogP contribution in [0, 0.1) is 0 Å². The minimum atomic E-state index is 0.519. The van der Waals surface area contributed by atoms with Crippen molar-refractivity contribution in [3.8, 4) is 0 Å². The molecule has 0 bridgehead atoms. The number of amidine groups is 1. The maximum atomic E-state index is 6.01. The first-order chi connectivity index (χ1) is 9.65. The third-order valence-corrected chi connectivity index (χ3v) is 3.79. The Morgan fingerprint density at radius 2 is 2.15 bits per heavy atom. The molecule has 0 aliphatic heterocycles. The predicted molar refractivity (Wildman–Crippen MR) is 88.0 cm³/mol. The van der Waals surface area contributed by atoms with Crippen molar-refractivity contribution in [2.45, 2.75) is 26.3 Å². The van der Waals surface area contributed by atoms with Crippen molar-refractivity contribution < 1.29 is 0 Å². The second-order valence-corrected chi connectivity index (χ2v) is 5.95. The fourth-order valence-corrected chi connectivity index (χ4v) is 2.53. The summed E-state index contributed by atoms with van der Waals surface area (Å²) in [6.45, 7) is 5.29. The zero-order valence-electron chi connectivity index (χ0n) is 12.0. The first kappa shape index (κ1) is 14.8. The van der Waals surface area contributed by atoms with E-state index in [0.717, 1.165) is 23.5 Å². The minimum absolute atomic E-state index is 0.519. The van der Waals surface area contributed by atoms with E-state index in [1.165, 1.54) is 5.56 Å². The van der Waals surface area contributed by atoms with E-state index in [0.29, 0.717) is 11.9 Å². The number of benzene rings is 1. The summed E-state index contributed by atoms with van der Waals surface area (Å²) < 4.78 is 0. The molecular weight excluding hydrogens is 266 g/mol. The van der Waals surface area contributed by atoms with Gasteiger partial charge in [0.25, 0.3) is 0 Å². The third kappa shape index (κ3) is 4.47. The molecule has 0 atom stereocenters. The SMILES string of the molecule is CC(C)NCCc1cccc(N=C(N)c2cccs2)c1. The van der Waals surface area contributed by atoms with Crippen LogP contribution in [0.25, 0.3) is 0 Å². The van der Waals surface area contributed by atoms with Crippen LogP contribution >= 0.6 is 11.3 Å². The monoisotopic (exact) mass is 287 g/mol. The average Bonchev–Trinajstić information content (AvgIpc) is 2.92. The van der Waals surface area contributed by atoms with Gasteiger partial charge in [0, 0.05) is 6.04 Å². The molecular formula is C16H21N3S. The minimum Gasteiger partial charge on any atom is -0.383 e. The number of thiophene rings is 1. The largest absolute Gasteiger partial charge is 0.383 e. The first-order valence-electron chi connectivity index (χ1n) is 6.85. The zero-order valence-corrected chi connectivity index (χ0v) is 12.8. The lowest BCUT2D eigenvalue weighted by Crippen LogP contribution is -2.24. The highest BCUT2D eigenvalue weighted by molar-refractivity contribution is 7.12. The number of nitrogens with one attached hydrogen (secondary N) is 1. The molecule has 0 radical (unpaired) electrons. The molecule has 2 aromatic rings. The fraction of sp³-hybridized carbons (Fsp3) is 0.312. The van der Waals surface area contributed by atoms with E-state index in [-0.39, 0.29) is 0 Å². The maximum Gasteiger partial charge on any atom is 0.141 e. The van der Waals surface area contributed by atoms with E-state index in [4.69, 9.17) is 5.73 Å². The molecule has 0 fully saturated rings. The summed E-state index contributed by atoms with van der Waals surface area (Å²) in [5, 5.41) is 5.42. The van der Waals surface area contributed by atoms with Gasteiger partial charge < -0.3 is 11.1 Å². The molecule has 0 amide bonds. The molecule has 0 saturated heterocycles. The van der Waals surface area contributed by atoms with E-state index < -0.39 is 0 Å². The lowest BCUT2D eigenvalue weighted by atomic mass is 10.1. The predicted octanol–water partition coefficient (Wildman–Crippen LogP) is 3.33. The van der Waals surface area contributed by atoms with Crippen LogP contribution < -0.4 is 11.1 Å². The van der Waals surface area contributed by atoms with E-state index in [1.54, 1.807) is 11.3 Å². The van der Waals surface area contributed by atoms with Gasteiger partial charge in [0.05, 0.1) is 10.6 Å². The average molecular weight is 287 g/mol. The van der Waals surface area contributed by atoms with Crippen molar-refractivity contribution in [1.29, 1.82) is 0 Å². The lowest BCUT2D eigenvalue weighted by Gasteiger charge is -2.08. The van der Waals surface area contributed by atoms with Crippen molar-refractivity contribution in [2.24, 2.45) is 10.7 Å². The van der Waals surface area contributed by atoms with Crippen LogP contribution in [0.15, 0.2) is 46.8 Å². The standard InChI is InChI=1S/C16H21N3S/c1-12(2)18-9-8-13-5-3-6-14(11-13)19-16(17)15-7-4-10-20-15/h3-7,10-12,18H,8-9H2,1-2H3,(H2,17,19). The van der Waals surface area contributed by atoms with Crippen molar-refractivity contribution in [2.75, 3.05) is 6.54 Å². The van der Waals surface area contributed by atoms with Gasteiger partial charge in [-0.15, -0.1) is 11.3 Å². The Morgan fingerprint density at radius 1 is 1.30 bits per heavy atom. The highest BCUT2D eigenvalue weighted by atomic mass is 32.1. The molecule has 2 rings (SSSR count). The van der Waals surface area contributed by atoms with Crippen LogP contribution in [-0.4, -0.2) is 18.4 Å². The molecule has 1 aromatic heterocycles. The van der Waals surface area contributed by atoms with E-state index in [2.05, 4.69) is 36.3 Å². The Bertz CT molecular complexity index is 559. The van der Waals surface area contributed by atoms with Crippen LogP contribution in [0.1, 0.15) is 24.3 Å². The molecule has 3 N–H and O–H groups in total. The van der Waals surface area contributed by atoms with Crippen LogP contribution in [0.4, 0.5) is 5.69 Å². The smallest absolute Gasteiger partial charge is 0.141 e. The molecule has 1 aromatic carbocycles. The summed E-state index contributed by atoms with van der Waals surface area (Å²) in [7, 11) is 0. The van der Waals surface area contributed by atoms with Gasteiger partial charge in [0.1, 0.15) is 5.84 Å². The lowest BCUT2D eigenvalue weighted by molar-refractivity contribution is 0.590. The molecule has 0 aliphatic rings. The molecule has 4 heteroatoms. The van der Waals surface area contributed by atoms with Crippen LogP contribution in [0.5, 0.6) is 0 Å². The summed E-state index contributed by atoms with van der Waals surface area (Å²) in [5.41, 5.74) is 8.20. The number of rotatable bonds is 6. The number of nitrogens with zero attached hydrogens (tertiary/aromatic N) is 1. The van der Waals surface area contributed by atoms with Crippen LogP contribution in [0.2, 0.25) is 0 Å². The van der Waals surface area contributed by atoms with Gasteiger partial charge in [-0.25, -0.2) is 4.99 Å². The van der Waals surface area contributed by atoms with Gasteiger partial charge in [0.15, 0.2) is 0 Å². The topological polar surface area (TPSA) is 50.4 Å². The maximum absolute atomic E-state index is 6.01. The Labute approximate surface area is 124 Å². The molecule has 3 nitrogen and oxygen atoms in total. The fourth-order valence-electron chi connectivity index (χ4n) is 1.91. The molecule has 0 aliphatic carbocycles. The molecule has 106 valence electrons. The number of hydrogen-bond donors (Lipinski definition) is 2. The second kappa shape index (κ2) is 7.22. The summed E-state index contributed by atoms with van der Waals surface area (Å²) in [6, 6.07) is 12.7. The third-order valence-electron chi connectivity index (χ3n) is 2.90. The summed E-state index contributed by atoms with van der Waals surface area (Å²) >= 11 is 1.61. The van der Waals surface area contributed by atoms with Crippen molar-refractivity contribution in [3.05, 3.63) is 52.2 Å². The number of hydrogen-bond acceptors (Lipinski definition) is 3. The van der Waals surface area contributed by atoms with Gasteiger partial charge in [0.2, 0.25) is 0 Å². The number of nitrogens with two attached hydrogens (primary N) is 1. The highest BCUT2D eigenvalue weighted by Crippen LogP contribution is 2.17. The Hall–Kier alpha value is -1.65. The molecule has 0 saturated carbocycles. The van der Waals surface area contributed by atoms with Crippen molar-refractivity contribution in [1.82, 2.24) is 5.32 Å². The first-order valence-corrected chi connectivity index (χ1v) is 7.73. The molecule has 20 heavy (non-hydrogen) atoms. The highest BCUT2D eigenvalue weighted by Gasteiger charge is 2.01. The van der Waals surface area contributed by atoms with E-state index in [9.17, 15) is 0 Å². The Kier molecular flexibility index (Phi) is 5.32. The van der Waals surface area contributed by atoms with Gasteiger partial charge in [-0.2, -0.15) is 0 Å². The normalized spacial score (nSPS) is 12.1. The van der Waals surface area contributed by atoms with Gasteiger partial charge >= 0.3 is 0 Å². The van der Waals surface area contributed by atoms with Crippen molar-refractivity contribution >= 4 is 22.9 Å². The number of aliphatic imine (C=N–C) groups is 1. The zero-order chi connectivity index (χ0) is 14.4. The van der Waals surface area contributed by atoms with E-state index >= 15 is 0 Å². The molecule has 0 spiro atoms. The Balaban J connectivity index is 2.04. The quantitative estimate of drug-likeness (QED) is 0.632. The second-order valence-electron chi connectivity index (χ2n) is 5.00. The van der Waals surface area contributed by atoms with Crippen LogP contribution in [0.3, 0.4) is 0 Å². The van der Waals surface area contributed by atoms with Gasteiger partial charge in [-0.3, -0.25) is 0 Å². The molecule has 1 heterocycles. The summed E-state index contributed by atoms with van der Waals surface area (Å²) in [4.78, 5) is 5.50.